The van der Waals surface area contributed by atoms with Crippen LogP contribution in [0.4, 0.5) is 0 Å². The van der Waals surface area contributed by atoms with Crippen LogP contribution in [-0.2, 0) is 9.09 Å². The van der Waals surface area contributed by atoms with Gasteiger partial charge in [-0.1, -0.05) is 40.5 Å². The monoisotopic (exact) mass is 320 g/mol. The maximum absolute atomic E-state index is 11.0. The lowest BCUT2D eigenvalue weighted by Crippen LogP contribution is -2.31. The van der Waals surface area contributed by atoms with Crippen molar-refractivity contribution in [2.75, 3.05) is 0 Å². The van der Waals surface area contributed by atoms with E-state index < -0.39 is 7.82 Å². The summed E-state index contributed by atoms with van der Waals surface area (Å²) in [4.78, 5) is 17.9. The van der Waals surface area contributed by atoms with Gasteiger partial charge in [0, 0.05) is 0 Å². The van der Waals surface area contributed by atoms with E-state index in [1.54, 1.807) is 0 Å². The maximum atomic E-state index is 11.0. The molecule has 0 aliphatic heterocycles. The first-order valence-corrected chi connectivity index (χ1v) is 9.89. The lowest BCUT2D eigenvalue weighted by Gasteiger charge is -2.41. The van der Waals surface area contributed by atoms with Crippen LogP contribution < -0.4 is 0 Å². The predicted octanol–water partition coefficient (Wildman–Crippen LogP) is 4.90. The quantitative estimate of drug-likeness (QED) is 0.624. The standard InChI is InChI=1S/C16H33O4P/c1-13(2)5-9-16(10-6-14(3)4)11-7-15(8-12-16)20-21(17,18)19/h13-15H,5-12H2,1-4H3,(H2,17,18,19). The average molecular weight is 320 g/mol. The maximum Gasteiger partial charge on any atom is 0.469 e. The van der Waals surface area contributed by atoms with Gasteiger partial charge in [-0.3, -0.25) is 4.52 Å². The molecule has 0 atom stereocenters. The largest absolute Gasteiger partial charge is 0.469 e. The van der Waals surface area contributed by atoms with Crippen LogP contribution >= 0.6 is 7.82 Å². The molecule has 0 unspecified atom stereocenters. The van der Waals surface area contributed by atoms with Crippen LogP contribution in [0.5, 0.6) is 0 Å². The molecule has 4 nitrogen and oxygen atoms in total. The molecule has 0 bridgehead atoms. The van der Waals surface area contributed by atoms with Gasteiger partial charge in [0.15, 0.2) is 0 Å². The molecule has 0 spiro atoms. The molecule has 2 N–H and O–H groups in total. The summed E-state index contributed by atoms with van der Waals surface area (Å²) in [5.41, 5.74) is 0.364. The van der Waals surface area contributed by atoms with Crippen molar-refractivity contribution in [1.82, 2.24) is 0 Å². The molecule has 21 heavy (non-hydrogen) atoms. The Balaban J connectivity index is 2.58. The van der Waals surface area contributed by atoms with Crippen molar-refractivity contribution in [3.8, 4) is 0 Å². The van der Waals surface area contributed by atoms with Crippen molar-refractivity contribution in [1.29, 1.82) is 0 Å². The van der Waals surface area contributed by atoms with Crippen molar-refractivity contribution in [2.45, 2.75) is 85.2 Å². The highest BCUT2D eigenvalue weighted by atomic mass is 31.2. The van der Waals surface area contributed by atoms with Crippen molar-refractivity contribution in [2.24, 2.45) is 17.3 Å². The Morgan fingerprint density at radius 2 is 1.48 bits per heavy atom. The molecule has 5 heteroatoms. The zero-order chi connectivity index (χ0) is 16.1. The minimum Gasteiger partial charge on any atom is -0.303 e. The molecule has 1 saturated carbocycles. The molecule has 0 heterocycles. The summed E-state index contributed by atoms with van der Waals surface area (Å²) < 4.78 is 15.9. The van der Waals surface area contributed by atoms with Gasteiger partial charge < -0.3 is 9.79 Å². The van der Waals surface area contributed by atoms with Crippen LogP contribution in [0.15, 0.2) is 0 Å². The molecule has 0 saturated heterocycles. The highest BCUT2D eigenvalue weighted by Crippen LogP contribution is 2.49. The van der Waals surface area contributed by atoms with Gasteiger partial charge >= 0.3 is 7.82 Å². The molecule has 1 aliphatic rings. The second-order valence-corrected chi connectivity index (χ2v) is 8.85. The van der Waals surface area contributed by atoms with Crippen LogP contribution in [0.1, 0.15) is 79.1 Å². The minimum atomic E-state index is -4.34. The fourth-order valence-electron chi connectivity index (χ4n) is 3.32. The Kier molecular flexibility index (Phi) is 7.39. The highest BCUT2D eigenvalue weighted by Gasteiger charge is 2.37. The van der Waals surface area contributed by atoms with E-state index >= 15 is 0 Å². The van der Waals surface area contributed by atoms with Gasteiger partial charge in [0.25, 0.3) is 0 Å². The van der Waals surface area contributed by atoms with Gasteiger partial charge in [-0.15, -0.1) is 0 Å². The van der Waals surface area contributed by atoms with Crippen LogP contribution in [0.3, 0.4) is 0 Å². The van der Waals surface area contributed by atoms with E-state index in [1.807, 2.05) is 0 Å². The van der Waals surface area contributed by atoms with E-state index in [1.165, 1.54) is 25.7 Å². The summed E-state index contributed by atoms with van der Waals surface area (Å²) in [6, 6.07) is 0. The summed E-state index contributed by atoms with van der Waals surface area (Å²) in [5.74, 6) is 1.43. The number of phosphoric ester groups is 1. The minimum absolute atomic E-state index is 0.267. The molecule has 0 aromatic rings. The van der Waals surface area contributed by atoms with Crippen molar-refractivity contribution in [3.05, 3.63) is 0 Å². The third-order valence-electron chi connectivity index (χ3n) is 4.78. The SMILES string of the molecule is CC(C)CCC1(CCC(C)C)CCC(OP(=O)(O)O)CC1. The molecule has 1 rings (SSSR count). The molecule has 1 aliphatic carbocycles. The van der Waals surface area contributed by atoms with Crippen LogP contribution in [-0.4, -0.2) is 15.9 Å². The van der Waals surface area contributed by atoms with E-state index in [4.69, 9.17) is 14.3 Å². The predicted molar refractivity (Wildman–Crippen MR) is 86.0 cm³/mol. The Morgan fingerprint density at radius 1 is 1.05 bits per heavy atom. The van der Waals surface area contributed by atoms with Gasteiger partial charge in [-0.25, -0.2) is 4.57 Å². The van der Waals surface area contributed by atoms with E-state index in [2.05, 4.69) is 27.7 Å². The molecule has 0 amide bonds. The fourth-order valence-corrected chi connectivity index (χ4v) is 3.92. The number of phosphoric acid groups is 1. The summed E-state index contributed by atoms with van der Waals surface area (Å²) in [5, 5.41) is 0. The molecule has 126 valence electrons. The van der Waals surface area contributed by atoms with Crippen molar-refractivity contribution < 1.29 is 18.9 Å². The lowest BCUT2D eigenvalue weighted by molar-refractivity contribution is 0.0410. The summed E-state index contributed by atoms with van der Waals surface area (Å²) in [7, 11) is -4.34. The van der Waals surface area contributed by atoms with E-state index in [-0.39, 0.29) is 6.10 Å². The third kappa shape index (κ3) is 7.78. The van der Waals surface area contributed by atoms with E-state index in [9.17, 15) is 4.57 Å². The number of hydrogen-bond acceptors (Lipinski definition) is 2. The van der Waals surface area contributed by atoms with E-state index in [0.29, 0.717) is 17.3 Å². The molecular weight excluding hydrogens is 287 g/mol. The Bertz CT molecular complexity index is 326. The zero-order valence-electron chi connectivity index (χ0n) is 14.0. The Morgan fingerprint density at radius 3 is 1.81 bits per heavy atom. The fraction of sp³-hybridized carbons (Fsp3) is 1.00. The molecular formula is C16H33O4P. The Labute approximate surface area is 129 Å². The summed E-state index contributed by atoms with van der Waals surface area (Å²) in [6.07, 6.45) is 8.32. The first-order chi connectivity index (χ1) is 9.62. The van der Waals surface area contributed by atoms with E-state index in [0.717, 1.165) is 25.7 Å². The molecule has 1 fully saturated rings. The zero-order valence-corrected chi connectivity index (χ0v) is 14.9. The first kappa shape index (κ1) is 19.2. The number of hydrogen-bond donors (Lipinski definition) is 2. The third-order valence-corrected chi connectivity index (χ3v) is 5.36. The van der Waals surface area contributed by atoms with Gasteiger partial charge in [0.2, 0.25) is 0 Å². The van der Waals surface area contributed by atoms with Gasteiger partial charge in [-0.05, 0) is 55.8 Å². The Hall–Kier alpha value is 0.110. The average Bonchev–Trinajstić information content (AvgIpc) is 2.35. The van der Waals surface area contributed by atoms with Gasteiger partial charge in [0.05, 0.1) is 6.10 Å². The molecule has 0 aromatic carbocycles. The van der Waals surface area contributed by atoms with Crippen LogP contribution in [0.2, 0.25) is 0 Å². The van der Waals surface area contributed by atoms with Crippen molar-refractivity contribution >= 4 is 7.82 Å². The highest BCUT2D eigenvalue weighted by molar-refractivity contribution is 7.46. The normalized spacial score (nSPS) is 20.4. The second kappa shape index (κ2) is 8.10. The summed E-state index contributed by atoms with van der Waals surface area (Å²) in [6.45, 7) is 9.05. The van der Waals surface area contributed by atoms with Gasteiger partial charge in [-0.2, -0.15) is 0 Å². The smallest absolute Gasteiger partial charge is 0.303 e. The first-order valence-electron chi connectivity index (χ1n) is 8.36. The lowest BCUT2D eigenvalue weighted by atomic mass is 9.66. The van der Waals surface area contributed by atoms with Crippen molar-refractivity contribution in [3.63, 3.8) is 0 Å². The van der Waals surface area contributed by atoms with Crippen LogP contribution in [0.25, 0.3) is 0 Å². The second-order valence-electron chi connectivity index (χ2n) is 7.66. The molecule has 0 radical (unpaired) electrons. The number of rotatable bonds is 8. The van der Waals surface area contributed by atoms with Gasteiger partial charge in [0.1, 0.15) is 0 Å². The van der Waals surface area contributed by atoms with Crippen LogP contribution in [0, 0.1) is 17.3 Å². The topological polar surface area (TPSA) is 66.8 Å². The molecule has 0 aromatic heterocycles. The summed E-state index contributed by atoms with van der Waals surface area (Å²) >= 11 is 0.